The molecule has 0 radical (unpaired) electrons. The smallest absolute Gasteiger partial charge is 0.325 e. The lowest BCUT2D eigenvalue weighted by Gasteiger charge is -2.12. The molecule has 1 aromatic carbocycles. The lowest BCUT2D eigenvalue weighted by Crippen LogP contribution is -2.29. The third-order valence-corrected chi connectivity index (χ3v) is 4.81. The zero-order chi connectivity index (χ0) is 20.5. The Kier molecular flexibility index (Phi) is 5.57. The number of pyridine rings is 1. The molecule has 0 atom stereocenters. The van der Waals surface area contributed by atoms with Crippen molar-refractivity contribution in [2.24, 2.45) is 0 Å². The molecule has 0 aliphatic rings. The number of hydrogen-bond acceptors (Lipinski definition) is 4. The first kappa shape index (κ1) is 20.1. The molecule has 0 aliphatic carbocycles. The first-order valence-corrected chi connectivity index (χ1v) is 9.19. The molecule has 2 aromatic heterocycles. The summed E-state index contributed by atoms with van der Waals surface area (Å²) in [6, 6.07) is 7.35. The van der Waals surface area contributed by atoms with Gasteiger partial charge in [-0.2, -0.15) is 13.2 Å². The second kappa shape index (κ2) is 7.76. The van der Waals surface area contributed by atoms with Crippen LogP contribution in [0, 0.1) is 6.92 Å². The van der Waals surface area contributed by atoms with Crippen LogP contribution in [-0.2, 0) is 17.5 Å². The Morgan fingerprint density at radius 3 is 2.54 bits per heavy atom. The van der Waals surface area contributed by atoms with Crippen molar-refractivity contribution in [3.63, 3.8) is 0 Å². The van der Waals surface area contributed by atoms with Gasteiger partial charge in [-0.1, -0.05) is 23.7 Å². The van der Waals surface area contributed by atoms with E-state index in [1.54, 1.807) is 24.3 Å². The molecule has 0 spiro atoms. The van der Waals surface area contributed by atoms with Gasteiger partial charge in [0.2, 0.25) is 5.91 Å². The largest absolute Gasteiger partial charge is 0.417 e. The maximum Gasteiger partial charge on any atom is 0.417 e. The number of thiazole rings is 1. The van der Waals surface area contributed by atoms with Crippen LogP contribution < -0.4 is 10.9 Å². The summed E-state index contributed by atoms with van der Waals surface area (Å²) in [5.74, 6) is -0.658. The molecule has 5 nitrogen and oxygen atoms in total. The second-order valence-electron chi connectivity index (χ2n) is 5.88. The molecule has 0 saturated carbocycles. The van der Waals surface area contributed by atoms with Crippen molar-refractivity contribution in [2.75, 3.05) is 5.32 Å². The fraction of sp³-hybridized carbons (Fsp3) is 0.167. The van der Waals surface area contributed by atoms with Gasteiger partial charge in [-0.3, -0.25) is 9.59 Å². The van der Waals surface area contributed by atoms with Gasteiger partial charge in [-0.05, 0) is 25.1 Å². The van der Waals surface area contributed by atoms with Gasteiger partial charge in [0, 0.05) is 22.8 Å². The van der Waals surface area contributed by atoms with Crippen LogP contribution in [0.5, 0.6) is 0 Å². The predicted molar refractivity (Wildman–Crippen MR) is 102 cm³/mol. The van der Waals surface area contributed by atoms with Gasteiger partial charge in [0.05, 0.1) is 16.3 Å². The summed E-state index contributed by atoms with van der Waals surface area (Å²) in [4.78, 5) is 28.4. The fourth-order valence-corrected chi connectivity index (χ4v) is 3.30. The standard InChI is InChI=1S/C18H13ClF3N3O2S/c1-10-23-15(9-28-10)11-2-4-13(5-3-11)24-16(26)8-25-7-12(18(20,21)22)6-14(19)17(25)27/h2-7,9H,8H2,1H3,(H,24,26). The maximum absolute atomic E-state index is 12.9. The summed E-state index contributed by atoms with van der Waals surface area (Å²) in [5.41, 5.74) is 0.132. The molecular weight excluding hydrogens is 415 g/mol. The molecule has 1 N–H and O–H groups in total. The highest BCUT2D eigenvalue weighted by Crippen LogP contribution is 2.29. The molecule has 3 aromatic rings. The number of carbonyl (C=O) groups is 1. The molecule has 2 heterocycles. The van der Waals surface area contributed by atoms with Crippen LogP contribution >= 0.6 is 22.9 Å². The zero-order valence-corrected chi connectivity index (χ0v) is 16.0. The molecular formula is C18H13ClF3N3O2S. The Morgan fingerprint density at radius 2 is 1.96 bits per heavy atom. The molecule has 146 valence electrons. The van der Waals surface area contributed by atoms with Crippen molar-refractivity contribution in [1.82, 2.24) is 9.55 Å². The lowest BCUT2D eigenvalue weighted by molar-refractivity contribution is -0.138. The van der Waals surface area contributed by atoms with Crippen LogP contribution in [0.3, 0.4) is 0 Å². The van der Waals surface area contributed by atoms with Crippen molar-refractivity contribution in [3.05, 3.63) is 67.9 Å². The van der Waals surface area contributed by atoms with Gasteiger partial charge in [-0.25, -0.2) is 4.98 Å². The molecule has 0 saturated heterocycles. The van der Waals surface area contributed by atoms with Gasteiger partial charge in [-0.15, -0.1) is 11.3 Å². The summed E-state index contributed by atoms with van der Waals surface area (Å²) < 4.78 is 39.2. The van der Waals surface area contributed by atoms with E-state index >= 15 is 0 Å². The van der Waals surface area contributed by atoms with E-state index in [9.17, 15) is 22.8 Å². The number of hydrogen-bond donors (Lipinski definition) is 1. The van der Waals surface area contributed by atoms with E-state index in [-0.39, 0.29) is 0 Å². The van der Waals surface area contributed by atoms with Crippen LogP contribution in [0.2, 0.25) is 5.02 Å². The Bertz CT molecular complexity index is 1070. The number of aryl methyl sites for hydroxylation is 1. The fourth-order valence-electron chi connectivity index (χ4n) is 2.45. The third kappa shape index (κ3) is 4.60. The first-order valence-electron chi connectivity index (χ1n) is 7.93. The van der Waals surface area contributed by atoms with E-state index in [1.165, 1.54) is 11.3 Å². The molecule has 0 aliphatic heterocycles. The predicted octanol–water partition coefficient (Wildman–Crippen LogP) is 4.59. The Labute approximate surface area is 166 Å². The monoisotopic (exact) mass is 427 g/mol. The Hall–Kier alpha value is -2.65. The van der Waals surface area contributed by atoms with Crippen molar-refractivity contribution in [3.8, 4) is 11.3 Å². The average Bonchev–Trinajstić information content (AvgIpc) is 3.05. The topological polar surface area (TPSA) is 64.0 Å². The summed E-state index contributed by atoms with van der Waals surface area (Å²) >= 11 is 7.09. The molecule has 1 amide bonds. The van der Waals surface area contributed by atoms with Crippen LogP contribution in [0.25, 0.3) is 11.3 Å². The van der Waals surface area contributed by atoms with E-state index in [4.69, 9.17) is 11.6 Å². The minimum atomic E-state index is -4.68. The number of nitrogens with zero attached hydrogens (tertiary/aromatic N) is 2. The van der Waals surface area contributed by atoms with Crippen LogP contribution in [0.15, 0.2) is 46.7 Å². The van der Waals surface area contributed by atoms with Gasteiger partial charge < -0.3 is 9.88 Å². The summed E-state index contributed by atoms with van der Waals surface area (Å²) in [6.45, 7) is 1.29. The van der Waals surface area contributed by atoms with Crippen LogP contribution in [0.4, 0.5) is 18.9 Å². The number of carbonyl (C=O) groups excluding carboxylic acids is 1. The van der Waals surface area contributed by atoms with Gasteiger partial charge >= 0.3 is 6.18 Å². The summed E-state index contributed by atoms with van der Waals surface area (Å²) in [6.07, 6.45) is -4.11. The van der Waals surface area contributed by atoms with Gasteiger partial charge in [0.15, 0.2) is 0 Å². The Morgan fingerprint density at radius 1 is 1.29 bits per heavy atom. The number of benzene rings is 1. The van der Waals surface area contributed by atoms with Crippen LogP contribution in [0.1, 0.15) is 10.6 Å². The number of alkyl halides is 3. The van der Waals surface area contributed by atoms with Crippen molar-refractivity contribution in [1.29, 1.82) is 0 Å². The Balaban J connectivity index is 1.74. The molecule has 28 heavy (non-hydrogen) atoms. The number of nitrogens with one attached hydrogen (secondary N) is 1. The number of anilines is 1. The highest BCUT2D eigenvalue weighted by atomic mass is 35.5. The summed E-state index contributed by atoms with van der Waals surface area (Å²) in [5, 5.41) is 4.77. The summed E-state index contributed by atoms with van der Waals surface area (Å²) in [7, 11) is 0. The normalized spacial score (nSPS) is 11.5. The minimum absolute atomic E-state index is 0.437. The zero-order valence-electron chi connectivity index (χ0n) is 14.4. The minimum Gasteiger partial charge on any atom is -0.325 e. The number of aromatic nitrogens is 2. The van der Waals surface area contributed by atoms with Crippen LogP contribution in [-0.4, -0.2) is 15.5 Å². The van der Waals surface area contributed by atoms with E-state index < -0.39 is 34.8 Å². The van der Waals surface area contributed by atoms with Gasteiger partial charge in [0.1, 0.15) is 11.6 Å². The van der Waals surface area contributed by atoms with E-state index in [2.05, 4.69) is 10.3 Å². The maximum atomic E-state index is 12.9. The molecule has 0 unspecified atom stereocenters. The third-order valence-electron chi connectivity index (χ3n) is 3.77. The van der Waals surface area contributed by atoms with E-state index in [0.29, 0.717) is 22.5 Å². The number of rotatable bonds is 4. The quantitative estimate of drug-likeness (QED) is 0.662. The SMILES string of the molecule is Cc1nc(-c2ccc(NC(=O)Cn3cc(C(F)(F)F)cc(Cl)c3=O)cc2)cs1. The molecule has 10 heteroatoms. The molecule has 3 rings (SSSR count). The highest BCUT2D eigenvalue weighted by Gasteiger charge is 2.32. The van der Waals surface area contributed by atoms with Crippen molar-refractivity contribution < 1.29 is 18.0 Å². The average molecular weight is 428 g/mol. The van der Waals surface area contributed by atoms with E-state index in [0.717, 1.165) is 16.3 Å². The van der Waals surface area contributed by atoms with Crippen molar-refractivity contribution >= 4 is 34.5 Å². The molecule has 0 bridgehead atoms. The lowest BCUT2D eigenvalue weighted by atomic mass is 10.1. The molecule has 0 fully saturated rings. The van der Waals surface area contributed by atoms with E-state index in [1.807, 2.05) is 12.3 Å². The second-order valence-corrected chi connectivity index (χ2v) is 7.35. The first-order chi connectivity index (χ1) is 13.1. The van der Waals surface area contributed by atoms with Gasteiger partial charge in [0.25, 0.3) is 5.56 Å². The number of amides is 1. The number of halogens is 4. The van der Waals surface area contributed by atoms with Crippen molar-refractivity contribution in [2.45, 2.75) is 19.6 Å². The highest BCUT2D eigenvalue weighted by molar-refractivity contribution is 7.09.